The van der Waals surface area contributed by atoms with Gasteiger partial charge < -0.3 is 23.7 Å². The number of nitrogens with zero attached hydrogens (tertiary/aromatic N) is 3. The molecular formula is C71H58LiN3O3. The minimum Gasteiger partial charge on any atom is -0.871 e. The number of fused-ring (bicyclic) bond motifs is 7. The van der Waals surface area contributed by atoms with Crippen LogP contribution < -0.4 is 33.8 Å². The monoisotopic (exact) mass is 1010 g/mol. The third kappa shape index (κ3) is 8.22. The van der Waals surface area contributed by atoms with E-state index in [1.165, 1.54) is 60.6 Å². The van der Waals surface area contributed by atoms with Crippen molar-refractivity contribution in [3.63, 3.8) is 0 Å². The molecular weight excluding hydrogens is 950 g/mol. The summed E-state index contributed by atoms with van der Waals surface area (Å²) in [6, 6.07) is 71.0. The number of hydrogen-bond acceptors (Lipinski definition) is 6. The summed E-state index contributed by atoms with van der Waals surface area (Å²) >= 11 is 0. The zero-order chi connectivity index (χ0) is 52.9. The number of hydrogen-bond donors (Lipinski definition) is 0. The minimum absolute atomic E-state index is 0. The zero-order valence-corrected chi connectivity index (χ0v) is 45.7. The normalized spacial score (nSPS) is 12.1. The van der Waals surface area contributed by atoms with Gasteiger partial charge in [0.2, 0.25) is 0 Å². The van der Waals surface area contributed by atoms with Gasteiger partial charge in [-0.2, -0.15) is 0 Å². The minimum atomic E-state index is -0.0860. The summed E-state index contributed by atoms with van der Waals surface area (Å²) in [6.45, 7) is 17.9. The Balaban J connectivity index is 0.000000452. The molecule has 0 saturated heterocycles. The van der Waals surface area contributed by atoms with Crippen molar-refractivity contribution in [2.75, 3.05) is 9.80 Å². The summed E-state index contributed by atoms with van der Waals surface area (Å²) in [7, 11) is 0. The first kappa shape index (κ1) is 50.3. The zero-order valence-electron chi connectivity index (χ0n) is 45.7. The fourth-order valence-electron chi connectivity index (χ4n) is 11.8. The van der Waals surface area contributed by atoms with E-state index in [-0.39, 0.29) is 35.4 Å². The summed E-state index contributed by atoms with van der Waals surface area (Å²) in [6.07, 6.45) is 1.63. The Morgan fingerprint density at radius 2 is 0.756 bits per heavy atom. The van der Waals surface area contributed by atoms with E-state index < -0.39 is 0 Å². The Bertz CT molecular complexity index is 4350. The molecule has 0 aliphatic rings. The molecule has 0 N–H and O–H groups in total. The molecule has 14 rings (SSSR count). The van der Waals surface area contributed by atoms with Gasteiger partial charge in [0, 0.05) is 61.0 Å². The van der Waals surface area contributed by atoms with Crippen molar-refractivity contribution in [3.8, 4) is 5.75 Å². The second kappa shape index (κ2) is 19.2. The number of rotatable bonds is 6. The number of aromatic nitrogens is 1. The molecule has 0 unspecified atom stereocenters. The van der Waals surface area contributed by atoms with Gasteiger partial charge in [-0.1, -0.05) is 205 Å². The Kier molecular flexibility index (Phi) is 12.4. The molecule has 0 spiro atoms. The van der Waals surface area contributed by atoms with Crippen LogP contribution in [0.2, 0.25) is 0 Å². The topological polar surface area (TPSA) is 68.7 Å². The molecule has 3 heterocycles. The van der Waals surface area contributed by atoms with E-state index >= 15 is 0 Å². The van der Waals surface area contributed by atoms with Crippen LogP contribution >= 0.6 is 0 Å². The van der Waals surface area contributed by atoms with Gasteiger partial charge in [-0.15, -0.1) is 0 Å². The molecule has 14 aromatic rings. The van der Waals surface area contributed by atoms with Crippen molar-refractivity contribution in [1.82, 2.24) is 4.98 Å². The summed E-state index contributed by atoms with van der Waals surface area (Å²) < 4.78 is 14.2. The number of aryl methyl sites for hydroxylation is 2. The molecule has 0 saturated carbocycles. The largest absolute Gasteiger partial charge is 1.00 e. The number of pyridine rings is 1. The third-order valence-electron chi connectivity index (χ3n) is 15.5. The van der Waals surface area contributed by atoms with E-state index in [1.54, 1.807) is 12.3 Å². The molecule has 3 aromatic heterocycles. The van der Waals surface area contributed by atoms with Crippen LogP contribution in [0.15, 0.2) is 215 Å². The van der Waals surface area contributed by atoms with Crippen molar-refractivity contribution in [2.24, 2.45) is 0 Å². The van der Waals surface area contributed by atoms with E-state index in [2.05, 4.69) is 240 Å². The maximum Gasteiger partial charge on any atom is 1.00 e. The first-order valence-electron chi connectivity index (χ1n) is 26.6. The van der Waals surface area contributed by atoms with Crippen molar-refractivity contribution in [2.45, 2.75) is 66.2 Å². The quantitative estimate of drug-likeness (QED) is 0.122. The smallest absolute Gasteiger partial charge is 0.871 e. The first-order valence-corrected chi connectivity index (χ1v) is 26.6. The third-order valence-corrected chi connectivity index (χ3v) is 15.5. The molecule has 0 aliphatic heterocycles. The van der Waals surface area contributed by atoms with Crippen LogP contribution in [0.5, 0.6) is 5.75 Å². The number of para-hydroxylation sites is 7. The van der Waals surface area contributed by atoms with Crippen LogP contribution in [0.25, 0.3) is 87.1 Å². The Morgan fingerprint density at radius 3 is 1.21 bits per heavy atom. The second-order valence-electron chi connectivity index (χ2n) is 22.5. The van der Waals surface area contributed by atoms with Crippen molar-refractivity contribution < 1.29 is 32.8 Å². The molecule has 0 fully saturated rings. The molecule has 376 valence electrons. The van der Waals surface area contributed by atoms with Gasteiger partial charge in [0.1, 0.15) is 11.2 Å². The first-order chi connectivity index (χ1) is 37.2. The fourth-order valence-corrected chi connectivity index (χ4v) is 11.8. The average molecular weight is 1010 g/mol. The molecule has 0 radical (unpaired) electrons. The molecule has 11 aromatic carbocycles. The summed E-state index contributed by atoms with van der Waals surface area (Å²) in [5, 5.41) is 23.7. The molecule has 0 amide bonds. The van der Waals surface area contributed by atoms with Gasteiger partial charge in [0.25, 0.3) is 0 Å². The van der Waals surface area contributed by atoms with Gasteiger partial charge in [0.05, 0.1) is 28.3 Å². The second-order valence-corrected chi connectivity index (χ2v) is 22.5. The SMILES string of the molecule is Cc1ccccc1N(c1ccc2ccc3c(N(c4ccccc4C)c4cccc5c4oc4c(C(C)(C)C)cccc45)ccc4ccc1c2c43)c1cccc2c1oc1c(C(C)(C)C)cccc12.[Li+].[O-]c1cccc2cccnc12. The van der Waals surface area contributed by atoms with Gasteiger partial charge in [-0.3, -0.25) is 4.98 Å². The van der Waals surface area contributed by atoms with Crippen molar-refractivity contribution >= 4 is 121 Å². The maximum absolute atomic E-state index is 11.1. The predicted molar refractivity (Wildman–Crippen MR) is 322 cm³/mol. The molecule has 6 nitrogen and oxygen atoms in total. The van der Waals surface area contributed by atoms with Crippen LogP contribution in [-0.2, 0) is 10.8 Å². The van der Waals surface area contributed by atoms with Gasteiger partial charge in [-0.25, -0.2) is 0 Å². The predicted octanol–water partition coefficient (Wildman–Crippen LogP) is 16.8. The number of benzene rings is 11. The van der Waals surface area contributed by atoms with E-state index in [4.69, 9.17) is 8.83 Å². The van der Waals surface area contributed by atoms with Gasteiger partial charge in [-0.05, 0) is 105 Å². The molecule has 7 heteroatoms. The molecule has 78 heavy (non-hydrogen) atoms. The van der Waals surface area contributed by atoms with Crippen LogP contribution in [0.4, 0.5) is 34.1 Å². The molecule has 0 bridgehead atoms. The Labute approximate surface area is 466 Å². The Morgan fingerprint density at radius 1 is 0.359 bits per heavy atom. The van der Waals surface area contributed by atoms with Crippen LogP contribution in [0.1, 0.15) is 63.8 Å². The maximum atomic E-state index is 11.1. The van der Waals surface area contributed by atoms with E-state index in [9.17, 15) is 5.11 Å². The van der Waals surface area contributed by atoms with Gasteiger partial charge >= 0.3 is 18.9 Å². The van der Waals surface area contributed by atoms with Crippen LogP contribution in [0, 0.1) is 13.8 Å². The summed E-state index contributed by atoms with van der Waals surface area (Å²) in [5.74, 6) is -0.0110. The van der Waals surface area contributed by atoms with Crippen LogP contribution in [-0.4, -0.2) is 4.98 Å². The van der Waals surface area contributed by atoms with E-state index in [0.29, 0.717) is 5.52 Å². The fraction of sp³-hybridized carbons (Fsp3) is 0.141. The summed E-state index contributed by atoms with van der Waals surface area (Å²) in [4.78, 5) is 8.82. The Hall–Kier alpha value is -8.53. The van der Waals surface area contributed by atoms with E-state index in [0.717, 1.165) is 83.4 Å². The average Bonchev–Trinajstić information content (AvgIpc) is 4.19. The van der Waals surface area contributed by atoms with Crippen molar-refractivity contribution in [1.29, 1.82) is 0 Å². The number of anilines is 6. The van der Waals surface area contributed by atoms with Crippen molar-refractivity contribution in [3.05, 3.63) is 229 Å². The van der Waals surface area contributed by atoms with Gasteiger partial charge in [0.15, 0.2) is 11.2 Å². The van der Waals surface area contributed by atoms with Crippen LogP contribution in [0.3, 0.4) is 0 Å². The number of furan rings is 2. The summed E-state index contributed by atoms with van der Waals surface area (Å²) in [5.41, 5.74) is 15.2. The molecule has 0 aliphatic carbocycles. The van der Waals surface area contributed by atoms with E-state index in [1.807, 2.05) is 18.2 Å². The standard InChI is InChI=1S/C62H52N2O2.C9H7NO.Li/c1-37-17-9-11-25-49(37)63(53-27-15-21-43-41-19-13-23-47(61(3,4)5)57(41)65-59(43)53)51-35-31-39-30-34-46-52(36-32-40-29-33-45(51)55(39)56(40)46)64(50-26-12-10-18-38(50)2)54-28-16-22-44-42-20-14-24-48(62(6,7)8)58(42)66-60(44)54;11-8-5-1-3-7-4-2-6-10-9(7)8;/h9-36H,1-8H3;1-6,11H;/q;;+1/p-1. The molecule has 0 atom stereocenters.